The van der Waals surface area contributed by atoms with Crippen LogP contribution in [0, 0.1) is 5.82 Å². The van der Waals surface area contributed by atoms with E-state index in [1.54, 1.807) is 6.07 Å². The molecule has 4 heterocycles. The van der Waals surface area contributed by atoms with E-state index in [0.717, 1.165) is 0 Å². The van der Waals surface area contributed by atoms with E-state index in [0.29, 0.717) is 21.6 Å². The molecule has 208 valence electrons. The van der Waals surface area contributed by atoms with E-state index in [1.807, 2.05) is 0 Å². The molecule has 0 saturated carbocycles. The summed E-state index contributed by atoms with van der Waals surface area (Å²) in [4.78, 5) is 4.41. The lowest BCUT2D eigenvalue weighted by Gasteiger charge is -2.18. The third-order valence-electron chi connectivity index (χ3n) is 5.75. The molecule has 0 N–H and O–H groups in total. The molecule has 0 saturated heterocycles. The average Bonchev–Trinajstić information content (AvgIpc) is 3.69. The second kappa shape index (κ2) is 11.6. The summed E-state index contributed by atoms with van der Waals surface area (Å²) in [6.07, 6.45) is 5.23. The highest BCUT2D eigenvalue weighted by molar-refractivity contribution is 6.31. The van der Waals surface area contributed by atoms with E-state index in [1.165, 1.54) is 52.5 Å². The van der Waals surface area contributed by atoms with Gasteiger partial charge in [-0.1, -0.05) is 34.5 Å². The first kappa shape index (κ1) is 27.5. The zero-order valence-electron chi connectivity index (χ0n) is 19.8. The summed E-state index contributed by atoms with van der Waals surface area (Å²) in [7, 11) is 0. The van der Waals surface area contributed by atoms with Crippen LogP contribution in [0.3, 0.4) is 0 Å². The maximum Gasteiger partial charge on any atom is 0.345 e. The number of benzene rings is 1. The number of hydrogen-bond donors (Lipinski definition) is 0. The van der Waals surface area contributed by atoms with Crippen LogP contribution in [0.4, 0.5) is 22.0 Å². The number of ether oxygens (including phenoxy) is 1. The van der Waals surface area contributed by atoms with Gasteiger partial charge in [0.05, 0.1) is 35.2 Å². The summed E-state index contributed by atoms with van der Waals surface area (Å²) in [5.74, 6) is -0.732. The number of nitrogens with zero attached hydrogens (tertiary/aromatic N) is 10. The van der Waals surface area contributed by atoms with Crippen LogP contribution in [-0.2, 0) is 4.74 Å². The highest BCUT2D eigenvalue weighted by Crippen LogP contribution is 2.35. The fourth-order valence-electron chi connectivity index (χ4n) is 4.01. The van der Waals surface area contributed by atoms with Crippen LogP contribution in [0.15, 0.2) is 49.2 Å². The van der Waals surface area contributed by atoms with Gasteiger partial charge in [-0.05, 0) is 35.0 Å². The van der Waals surface area contributed by atoms with Crippen LogP contribution in [0.25, 0.3) is 28.1 Å². The molecule has 0 aliphatic carbocycles. The van der Waals surface area contributed by atoms with Crippen molar-refractivity contribution in [3.8, 4) is 28.1 Å². The fraction of sp³-hybridized carbons (Fsp3) is 0.227. The van der Waals surface area contributed by atoms with Crippen LogP contribution in [-0.4, -0.2) is 63.2 Å². The second-order valence-electron chi connectivity index (χ2n) is 8.08. The van der Waals surface area contributed by atoms with Crippen LogP contribution in [0.2, 0.25) is 10.2 Å². The monoisotopic (exact) mass is 600 g/mol. The van der Waals surface area contributed by atoms with Crippen molar-refractivity contribution in [2.24, 2.45) is 0 Å². The Morgan fingerprint density at radius 1 is 0.975 bits per heavy atom. The SMILES string of the molecule is Fc1c(Cl)ccc(-n2cnnn2)c1-c1ccc(C(CCOC(F)F)n2cc(-c3c(Cl)nnn3C(F)F)cn2)nc1. The van der Waals surface area contributed by atoms with E-state index in [2.05, 4.69) is 40.7 Å². The van der Waals surface area contributed by atoms with Crippen molar-refractivity contribution in [3.63, 3.8) is 0 Å². The van der Waals surface area contributed by atoms with Gasteiger partial charge in [-0.15, -0.1) is 10.2 Å². The molecule has 5 aromatic rings. The standard InChI is InChI=1S/C22H15Cl2F5N10O/c23-13-2-4-16(38-10-31-34-36-38)17(18(13)25)11-1-3-14(30-7-11)15(5-6-40-22(28)29)37-9-12(8-32-37)19-20(24)33-35-39(19)21(26)27/h1-4,7-10,15,21-22H,5-6H2. The molecule has 1 aromatic carbocycles. The van der Waals surface area contributed by atoms with E-state index >= 15 is 4.39 Å². The third-order valence-corrected chi connectivity index (χ3v) is 6.30. The highest BCUT2D eigenvalue weighted by Gasteiger charge is 2.24. The molecule has 0 amide bonds. The Kier molecular flexibility index (Phi) is 7.99. The molecule has 0 bridgehead atoms. The van der Waals surface area contributed by atoms with Gasteiger partial charge in [0, 0.05) is 29.1 Å². The molecule has 18 heteroatoms. The van der Waals surface area contributed by atoms with Gasteiger partial charge in [0.1, 0.15) is 12.0 Å². The Morgan fingerprint density at radius 3 is 2.48 bits per heavy atom. The first-order valence-corrected chi connectivity index (χ1v) is 12.0. The Hall–Kier alpha value is -4.02. The lowest BCUT2D eigenvalue weighted by atomic mass is 10.0. The number of rotatable bonds is 10. The molecule has 0 aliphatic rings. The van der Waals surface area contributed by atoms with Gasteiger partial charge in [0.25, 0.3) is 0 Å². The summed E-state index contributed by atoms with van der Waals surface area (Å²) < 4.78 is 74.6. The summed E-state index contributed by atoms with van der Waals surface area (Å²) in [6, 6.07) is 5.17. The highest BCUT2D eigenvalue weighted by atomic mass is 35.5. The number of hydrogen-bond acceptors (Lipinski definition) is 8. The quantitative estimate of drug-likeness (QED) is 0.200. The van der Waals surface area contributed by atoms with Crippen molar-refractivity contribution in [1.29, 1.82) is 0 Å². The van der Waals surface area contributed by atoms with Gasteiger partial charge in [-0.25, -0.2) is 4.39 Å². The van der Waals surface area contributed by atoms with Crippen molar-refractivity contribution >= 4 is 23.2 Å². The summed E-state index contributed by atoms with van der Waals surface area (Å²) >= 11 is 12.0. The van der Waals surface area contributed by atoms with E-state index in [9.17, 15) is 17.6 Å². The number of pyridine rings is 1. The molecular weight excluding hydrogens is 586 g/mol. The van der Waals surface area contributed by atoms with Crippen molar-refractivity contribution in [2.75, 3.05) is 6.61 Å². The van der Waals surface area contributed by atoms with Crippen LogP contribution >= 0.6 is 23.2 Å². The lowest BCUT2D eigenvalue weighted by molar-refractivity contribution is -0.130. The number of aromatic nitrogens is 10. The predicted molar refractivity (Wildman–Crippen MR) is 130 cm³/mol. The first-order valence-electron chi connectivity index (χ1n) is 11.3. The first-order chi connectivity index (χ1) is 19.2. The molecule has 1 atom stereocenters. The molecule has 0 radical (unpaired) electrons. The fourth-order valence-corrected chi connectivity index (χ4v) is 4.39. The van der Waals surface area contributed by atoms with Gasteiger partial charge in [-0.2, -0.15) is 32.0 Å². The van der Waals surface area contributed by atoms with E-state index < -0.39 is 25.0 Å². The maximum atomic E-state index is 15.1. The molecule has 0 spiro atoms. The topological polar surface area (TPSA) is 114 Å². The van der Waals surface area contributed by atoms with Gasteiger partial charge < -0.3 is 4.74 Å². The summed E-state index contributed by atoms with van der Waals surface area (Å²) in [5.41, 5.74) is 0.978. The van der Waals surface area contributed by atoms with Gasteiger partial charge >= 0.3 is 13.2 Å². The molecule has 5 rings (SSSR count). The lowest BCUT2D eigenvalue weighted by Crippen LogP contribution is -2.16. The van der Waals surface area contributed by atoms with Crippen LogP contribution in [0.1, 0.15) is 24.7 Å². The second-order valence-corrected chi connectivity index (χ2v) is 8.84. The van der Waals surface area contributed by atoms with Crippen molar-refractivity contribution in [3.05, 3.63) is 70.9 Å². The summed E-state index contributed by atoms with van der Waals surface area (Å²) in [6.45, 7) is -6.41. The minimum atomic E-state index is -3.02. The summed E-state index contributed by atoms with van der Waals surface area (Å²) in [5, 5.41) is 21.5. The maximum absolute atomic E-state index is 15.1. The zero-order chi connectivity index (χ0) is 28.4. The van der Waals surface area contributed by atoms with Crippen molar-refractivity contribution < 1.29 is 26.7 Å². The third kappa shape index (κ3) is 5.50. The zero-order valence-corrected chi connectivity index (χ0v) is 21.3. The minimum Gasteiger partial charge on any atom is -0.323 e. The Morgan fingerprint density at radius 2 is 1.80 bits per heavy atom. The minimum absolute atomic E-state index is 0.0285. The molecule has 0 aliphatic heterocycles. The van der Waals surface area contributed by atoms with Gasteiger partial charge in [0.2, 0.25) is 0 Å². The smallest absolute Gasteiger partial charge is 0.323 e. The normalized spacial score (nSPS) is 12.5. The van der Waals surface area contributed by atoms with Gasteiger partial charge in [-0.3, -0.25) is 9.67 Å². The Labute approximate surface area is 231 Å². The van der Waals surface area contributed by atoms with Crippen LogP contribution in [0.5, 0.6) is 0 Å². The molecule has 11 nitrogen and oxygen atoms in total. The molecule has 40 heavy (non-hydrogen) atoms. The average molecular weight is 601 g/mol. The van der Waals surface area contributed by atoms with Gasteiger partial charge in [0.15, 0.2) is 11.0 Å². The molecule has 1 unspecified atom stereocenters. The van der Waals surface area contributed by atoms with Crippen molar-refractivity contribution in [1.82, 2.24) is 50.0 Å². The van der Waals surface area contributed by atoms with E-state index in [-0.39, 0.29) is 40.0 Å². The number of halogens is 7. The predicted octanol–water partition coefficient (Wildman–Crippen LogP) is 5.24. The molecule has 4 aromatic heterocycles. The van der Waals surface area contributed by atoms with E-state index in [4.69, 9.17) is 23.2 Å². The van der Waals surface area contributed by atoms with Crippen molar-refractivity contribution in [2.45, 2.75) is 25.6 Å². The number of alkyl halides is 4. The number of tetrazole rings is 1. The largest absolute Gasteiger partial charge is 0.345 e. The Bertz CT molecular complexity index is 1590. The Balaban J connectivity index is 1.51. The van der Waals surface area contributed by atoms with Crippen LogP contribution < -0.4 is 0 Å². The molecule has 0 fully saturated rings. The molecular formula is C22H15Cl2F5N10O.